The number of benzene rings is 3. The first-order chi connectivity index (χ1) is 19.1. The molecule has 1 aliphatic heterocycles. The molecule has 208 valence electrons. The van der Waals surface area contributed by atoms with Gasteiger partial charge in [-0.05, 0) is 129 Å². The van der Waals surface area contributed by atoms with Crippen molar-refractivity contribution in [1.29, 1.82) is 0 Å². The number of likely N-dealkylation sites (N-methyl/N-ethyl adjacent to an activating group) is 1. The predicted molar refractivity (Wildman–Crippen MR) is 182 cm³/mol. The highest BCUT2D eigenvalue weighted by atomic mass is 127. The number of carbonyl (C=O) groups is 1. The van der Waals surface area contributed by atoms with E-state index in [1.165, 1.54) is 20.4 Å². The van der Waals surface area contributed by atoms with E-state index in [1.807, 2.05) is 43.3 Å². The Kier molecular flexibility index (Phi) is 8.78. The van der Waals surface area contributed by atoms with E-state index in [1.54, 1.807) is 0 Å². The van der Waals surface area contributed by atoms with Gasteiger partial charge in [0.25, 0.3) is 0 Å². The van der Waals surface area contributed by atoms with Crippen LogP contribution < -0.4 is 4.90 Å². The first-order valence-corrected chi connectivity index (χ1v) is 15.8. The normalized spacial score (nSPS) is 22.2. The molecule has 5 rings (SSSR count). The Morgan fingerprint density at radius 2 is 1.57 bits per heavy atom. The Hall–Kier alpha value is -2.17. The van der Waals surface area contributed by atoms with Gasteiger partial charge in [0, 0.05) is 75.8 Å². The molecular weight excluding hydrogens is 722 g/mol. The Balaban J connectivity index is 1.65. The van der Waals surface area contributed by atoms with Crippen LogP contribution >= 0.6 is 45.2 Å². The maximum atomic E-state index is 14.1. The standard InChI is InChI=1S/C34H36I2N2O2/c1-22-18-27(38(4)5)12-13-28(22)29-19-24(35)8-14-31(29)34(16-17-40-21-34)32-15-9-25(36)20-30(32)33(39)23-6-10-26(11-7-23)37(2)3/h6-15,18-20,22,28H,16-17,21H2,1-5H3. The van der Waals surface area contributed by atoms with Crippen molar-refractivity contribution in [3.63, 3.8) is 0 Å². The molecule has 0 radical (unpaired) electrons. The second kappa shape index (κ2) is 12.0. The van der Waals surface area contributed by atoms with Crippen LogP contribution in [0.15, 0.2) is 84.6 Å². The molecule has 1 aliphatic carbocycles. The zero-order valence-corrected chi connectivity index (χ0v) is 28.1. The van der Waals surface area contributed by atoms with Gasteiger partial charge in [-0.1, -0.05) is 31.2 Å². The van der Waals surface area contributed by atoms with Crippen molar-refractivity contribution in [2.45, 2.75) is 24.7 Å². The Labute approximate surface area is 265 Å². The molecule has 0 aromatic heterocycles. The molecule has 40 heavy (non-hydrogen) atoms. The van der Waals surface area contributed by atoms with Crippen LogP contribution in [-0.4, -0.2) is 52.1 Å². The Morgan fingerprint density at radius 1 is 0.900 bits per heavy atom. The smallest absolute Gasteiger partial charge is 0.193 e. The largest absolute Gasteiger partial charge is 0.380 e. The number of hydrogen-bond donors (Lipinski definition) is 0. The highest BCUT2D eigenvalue weighted by Crippen LogP contribution is 2.47. The summed E-state index contributed by atoms with van der Waals surface area (Å²) in [4.78, 5) is 18.4. The fourth-order valence-corrected chi connectivity index (χ4v) is 7.07. The van der Waals surface area contributed by atoms with Crippen LogP contribution in [0.5, 0.6) is 0 Å². The van der Waals surface area contributed by atoms with Gasteiger partial charge in [-0.2, -0.15) is 0 Å². The minimum atomic E-state index is -0.405. The van der Waals surface area contributed by atoms with Gasteiger partial charge in [0.1, 0.15) is 0 Å². The Bertz CT molecular complexity index is 1470. The number of halogens is 2. The lowest BCUT2D eigenvalue weighted by Crippen LogP contribution is -2.33. The van der Waals surface area contributed by atoms with Gasteiger partial charge in [0.2, 0.25) is 0 Å². The quantitative estimate of drug-likeness (QED) is 0.183. The third-order valence-corrected chi connectivity index (χ3v) is 9.63. The molecule has 0 spiro atoms. The maximum Gasteiger partial charge on any atom is 0.193 e. The van der Waals surface area contributed by atoms with E-state index in [9.17, 15) is 4.79 Å². The molecule has 3 unspecified atom stereocenters. The summed E-state index contributed by atoms with van der Waals surface area (Å²) < 4.78 is 8.44. The summed E-state index contributed by atoms with van der Waals surface area (Å²) >= 11 is 4.74. The fraction of sp³-hybridized carbons (Fsp3) is 0.324. The van der Waals surface area contributed by atoms with Gasteiger partial charge < -0.3 is 14.5 Å². The first kappa shape index (κ1) is 29.3. The van der Waals surface area contributed by atoms with Gasteiger partial charge >= 0.3 is 0 Å². The van der Waals surface area contributed by atoms with Crippen LogP contribution in [0.25, 0.3) is 0 Å². The molecule has 0 saturated carbocycles. The summed E-state index contributed by atoms with van der Waals surface area (Å²) in [6, 6.07) is 21.1. The first-order valence-electron chi connectivity index (χ1n) is 13.7. The second-order valence-corrected chi connectivity index (χ2v) is 13.8. The number of anilines is 1. The number of rotatable bonds is 7. The van der Waals surface area contributed by atoms with Crippen LogP contribution in [0, 0.1) is 13.1 Å². The zero-order valence-electron chi connectivity index (χ0n) is 23.7. The molecule has 0 amide bonds. The van der Waals surface area contributed by atoms with Crippen LogP contribution in [0.1, 0.15) is 51.9 Å². The third kappa shape index (κ3) is 5.63. The number of hydrogen-bond acceptors (Lipinski definition) is 4. The lowest BCUT2D eigenvalue weighted by Gasteiger charge is -2.36. The van der Waals surface area contributed by atoms with Crippen molar-refractivity contribution in [1.82, 2.24) is 4.90 Å². The third-order valence-electron chi connectivity index (χ3n) is 8.29. The number of allylic oxidation sites excluding steroid dienone is 3. The van der Waals surface area contributed by atoms with E-state index in [4.69, 9.17) is 4.74 Å². The molecule has 3 atom stereocenters. The number of carbonyl (C=O) groups excluding carboxylic acids is 1. The summed E-state index contributed by atoms with van der Waals surface area (Å²) in [5, 5.41) is 0. The molecular formula is C34H36I2N2O2. The maximum absolute atomic E-state index is 14.1. The monoisotopic (exact) mass is 758 g/mol. The van der Waals surface area contributed by atoms with Gasteiger partial charge in [0.05, 0.1) is 6.61 Å². The van der Waals surface area contributed by atoms with Crippen molar-refractivity contribution in [2.75, 3.05) is 46.3 Å². The minimum Gasteiger partial charge on any atom is -0.380 e. The molecule has 1 saturated heterocycles. The van der Waals surface area contributed by atoms with E-state index in [2.05, 4.69) is 126 Å². The van der Waals surface area contributed by atoms with Crippen molar-refractivity contribution in [2.24, 2.45) is 5.92 Å². The summed E-state index contributed by atoms with van der Waals surface area (Å²) in [6.45, 7) is 3.53. The van der Waals surface area contributed by atoms with Crippen LogP contribution in [0.4, 0.5) is 5.69 Å². The van der Waals surface area contributed by atoms with Gasteiger partial charge in [-0.15, -0.1) is 0 Å². The SMILES string of the molecule is CC1C=C(N(C)C)C=CC1c1cc(I)ccc1C1(c2ccc(I)cc2C(=O)c2ccc(N(C)C)cc2)CCOC1. The van der Waals surface area contributed by atoms with Gasteiger partial charge in [-0.3, -0.25) is 4.79 Å². The molecule has 1 fully saturated rings. The molecule has 2 aliphatic rings. The average molecular weight is 758 g/mol. The van der Waals surface area contributed by atoms with Crippen LogP contribution in [-0.2, 0) is 10.2 Å². The predicted octanol–water partition coefficient (Wildman–Crippen LogP) is 7.63. The number of nitrogens with zero attached hydrogens (tertiary/aromatic N) is 2. The summed E-state index contributed by atoms with van der Waals surface area (Å²) in [5.41, 5.74) is 7.03. The summed E-state index contributed by atoms with van der Waals surface area (Å²) in [5.74, 6) is 0.640. The van der Waals surface area contributed by atoms with E-state index in [0.29, 0.717) is 24.7 Å². The molecule has 4 nitrogen and oxygen atoms in total. The van der Waals surface area contributed by atoms with E-state index in [0.717, 1.165) is 26.8 Å². The molecule has 1 heterocycles. The fourth-order valence-electron chi connectivity index (χ4n) is 6.06. The van der Waals surface area contributed by atoms with E-state index < -0.39 is 5.41 Å². The molecule has 0 N–H and O–H groups in total. The zero-order chi connectivity index (χ0) is 28.6. The number of ketones is 1. The summed E-state index contributed by atoms with van der Waals surface area (Å²) in [7, 11) is 8.20. The molecule has 0 bridgehead atoms. The molecule has 6 heteroatoms. The van der Waals surface area contributed by atoms with Crippen LogP contribution in [0.2, 0.25) is 0 Å². The van der Waals surface area contributed by atoms with Crippen LogP contribution in [0.3, 0.4) is 0 Å². The minimum absolute atomic E-state index is 0.0571. The van der Waals surface area contributed by atoms with Crippen molar-refractivity contribution in [3.8, 4) is 0 Å². The van der Waals surface area contributed by atoms with Crippen molar-refractivity contribution >= 4 is 56.7 Å². The number of ether oxygens (including phenoxy) is 1. The highest BCUT2D eigenvalue weighted by molar-refractivity contribution is 14.1. The molecule has 3 aromatic rings. The lowest BCUT2D eigenvalue weighted by atomic mass is 9.67. The average Bonchev–Trinajstić information content (AvgIpc) is 3.43. The van der Waals surface area contributed by atoms with E-state index >= 15 is 0 Å². The topological polar surface area (TPSA) is 32.8 Å². The highest BCUT2D eigenvalue weighted by Gasteiger charge is 2.43. The van der Waals surface area contributed by atoms with Crippen molar-refractivity contribution < 1.29 is 9.53 Å². The lowest BCUT2D eigenvalue weighted by molar-refractivity contribution is 0.103. The van der Waals surface area contributed by atoms with E-state index in [-0.39, 0.29) is 11.7 Å². The van der Waals surface area contributed by atoms with Crippen molar-refractivity contribution in [3.05, 3.63) is 120 Å². The summed E-state index contributed by atoms with van der Waals surface area (Å²) in [6.07, 6.45) is 7.79. The molecule has 3 aromatic carbocycles. The van der Waals surface area contributed by atoms with Gasteiger partial charge in [-0.25, -0.2) is 0 Å². The van der Waals surface area contributed by atoms with Gasteiger partial charge in [0.15, 0.2) is 5.78 Å². The second-order valence-electron chi connectivity index (χ2n) is 11.3. The Morgan fingerprint density at radius 3 is 2.17 bits per heavy atom.